The molecule has 1 atom stereocenters. The molecule has 2 heterocycles. The van der Waals surface area contributed by atoms with Crippen LogP contribution in [0.15, 0.2) is 18.0 Å². The molecule has 0 aromatic carbocycles. The first kappa shape index (κ1) is 17.4. The zero-order valence-corrected chi connectivity index (χ0v) is 15.2. The van der Waals surface area contributed by atoms with Gasteiger partial charge in [0.15, 0.2) is 5.60 Å². The van der Waals surface area contributed by atoms with Crippen LogP contribution in [0.2, 0.25) is 0 Å². The Bertz CT molecular complexity index is 532. The van der Waals surface area contributed by atoms with E-state index in [0.717, 1.165) is 5.82 Å². The number of nitrogens with zero attached hydrogens (tertiary/aromatic N) is 2. The number of halogens is 1. The number of imidazole rings is 1. The summed E-state index contributed by atoms with van der Waals surface area (Å²) in [5, 5.41) is 11.4. The van der Waals surface area contributed by atoms with Gasteiger partial charge in [0, 0.05) is 11.8 Å². The lowest BCUT2D eigenvalue weighted by Crippen LogP contribution is -3.00. The van der Waals surface area contributed by atoms with Crippen LogP contribution >= 0.6 is 0 Å². The van der Waals surface area contributed by atoms with Gasteiger partial charge < -0.3 is 22.1 Å². The highest BCUT2D eigenvalue weighted by molar-refractivity contribution is 5.41. The van der Waals surface area contributed by atoms with E-state index >= 15 is 0 Å². The number of aliphatic hydroxyl groups is 1. The highest BCUT2D eigenvalue weighted by Gasteiger charge is 2.53. The molecule has 20 heavy (non-hydrogen) atoms. The molecule has 1 aromatic rings. The van der Waals surface area contributed by atoms with Crippen molar-refractivity contribution in [3.8, 4) is 0 Å². The fourth-order valence-electron chi connectivity index (χ4n) is 2.73. The molecular formula is C16H27BrN2O. The number of aryl methyl sites for hydroxylation is 1. The van der Waals surface area contributed by atoms with E-state index in [1.54, 1.807) is 0 Å². The molecule has 2 rings (SSSR count). The van der Waals surface area contributed by atoms with Crippen LogP contribution in [0.1, 0.15) is 53.8 Å². The van der Waals surface area contributed by atoms with Gasteiger partial charge in [-0.3, -0.25) is 0 Å². The standard InChI is InChI=1S/C16H27N2O.BrH/c1-14(2,3)12-10-16(19,15(4,5)6)13-17(7)8-9-18(13)11-12;/h8-9,11,19H,10H2,1-7H3;1H/q+1;/p-1. The van der Waals surface area contributed by atoms with E-state index in [0.29, 0.717) is 6.42 Å². The summed E-state index contributed by atoms with van der Waals surface area (Å²) in [6.45, 7) is 12.9. The maximum atomic E-state index is 11.4. The van der Waals surface area contributed by atoms with Crippen molar-refractivity contribution in [2.75, 3.05) is 0 Å². The number of hydrogen-bond donors (Lipinski definition) is 1. The van der Waals surface area contributed by atoms with E-state index in [2.05, 4.69) is 52.3 Å². The van der Waals surface area contributed by atoms with Crippen molar-refractivity contribution in [2.24, 2.45) is 17.9 Å². The summed E-state index contributed by atoms with van der Waals surface area (Å²) < 4.78 is 4.11. The van der Waals surface area contributed by atoms with E-state index in [9.17, 15) is 5.11 Å². The average molecular weight is 343 g/mol. The lowest BCUT2D eigenvalue weighted by molar-refractivity contribution is -0.687. The Kier molecular flexibility index (Phi) is 4.35. The van der Waals surface area contributed by atoms with E-state index in [1.807, 2.05) is 24.0 Å². The van der Waals surface area contributed by atoms with Crippen molar-refractivity contribution in [2.45, 2.75) is 53.6 Å². The Labute approximate surface area is 133 Å². The number of aromatic nitrogens is 2. The Balaban J connectivity index is 0.00000200. The van der Waals surface area contributed by atoms with Gasteiger partial charge in [0.05, 0.1) is 13.2 Å². The Morgan fingerprint density at radius 3 is 2.20 bits per heavy atom. The largest absolute Gasteiger partial charge is 1.00 e. The van der Waals surface area contributed by atoms with Gasteiger partial charge in [-0.1, -0.05) is 41.5 Å². The smallest absolute Gasteiger partial charge is 0.294 e. The van der Waals surface area contributed by atoms with E-state index < -0.39 is 5.60 Å². The first-order chi connectivity index (χ1) is 8.47. The molecule has 0 spiro atoms. The lowest BCUT2D eigenvalue weighted by atomic mass is 9.68. The number of fused-ring (bicyclic) bond motifs is 1. The summed E-state index contributed by atoms with van der Waals surface area (Å²) in [5.74, 6) is 0.966. The average Bonchev–Trinajstić information content (AvgIpc) is 2.58. The van der Waals surface area contributed by atoms with Crippen molar-refractivity contribution >= 4 is 6.20 Å². The highest BCUT2D eigenvalue weighted by atomic mass is 79.9. The third-order valence-electron chi connectivity index (χ3n) is 4.34. The highest BCUT2D eigenvalue weighted by Crippen LogP contribution is 2.48. The third-order valence-corrected chi connectivity index (χ3v) is 4.34. The quantitative estimate of drug-likeness (QED) is 0.652. The van der Waals surface area contributed by atoms with Gasteiger partial charge in [0.25, 0.3) is 5.82 Å². The van der Waals surface area contributed by atoms with Crippen LogP contribution in [0.25, 0.3) is 6.20 Å². The zero-order valence-electron chi connectivity index (χ0n) is 13.7. The summed E-state index contributed by atoms with van der Waals surface area (Å²) in [7, 11) is 2.00. The first-order valence-electron chi connectivity index (χ1n) is 6.97. The van der Waals surface area contributed by atoms with E-state index in [1.165, 1.54) is 5.57 Å². The fourth-order valence-corrected chi connectivity index (χ4v) is 2.73. The molecule has 0 saturated carbocycles. The minimum absolute atomic E-state index is 0. The molecule has 0 bridgehead atoms. The summed E-state index contributed by atoms with van der Waals surface area (Å²) in [5.41, 5.74) is 0.294. The molecule has 0 aliphatic carbocycles. The molecule has 1 aromatic heterocycles. The maximum Gasteiger partial charge on any atom is 0.294 e. The van der Waals surface area contributed by atoms with Crippen LogP contribution in [0.3, 0.4) is 0 Å². The van der Waals surface area contributed by atoms with Crippen LogP contribution in [0, 0.1) is 10.8 Å². The summed E-state index contributed by atoms with van der Waals surface area (Å²) >= 11 is 0. The molecule has 0 saturated heterocycles. The molecule has 4 heteroatoms. The Morgan fingerprint density at radius 2 is 1.75 bits per heavy atom. The second-order valence-corrected chi connectivity index (χ2v) is 7.83. The summed E-state index contributed by atoms with van der Waals surface area (Å²) in [4.78, 5) is 0. The Morgan fingerprint density at radius 1 is 1.20 bits per heavy atom. The predicted molar refractivity (Wildman–Crippen MR) is 77.3 cm³/mol. The fraction of sp³-hybridized carbons (Fsp3) is 0.688. The summed E-state index contributed by atoms with van der Waals surface area (Å²) in [6.07, 6.45) is 6.90. The molecule has 1 aliphatic rings. The second kappa shape index (κ2) is 4.99. The third kappa shape index (κ3) is 2.60. The van der Waals surface area contributed by atoms with Crippen molar-refractivity contribution in [3.05, 3.63) is 23.8 Å². The van der Waals surface area contributed by atoms with Crippen LogP contribution in [0.5, 0.6) is 0 Å². The molecule has 0 radical (unpaired) electrons. The van der Waals surface area contributed by atoms with Gasteiger partial charge in [-0.15, -0.1) is 0 Å². The van der Waals surface area contributed by atoms with Crippen LogP contribution < -0.4 is 21.5 Å². The SMILES string of the molecule is C[n+]1ccn2c1C(O)(C(C)(C)C)CC(C(C)(C)C)=C2.[Br-]. The van der Waals surface area contributed by atoms with Crippen molar-refractivity contribution in [1.29, 1.82) is 0 Å². The van der Waals surface area contributed by atoms with Gasteiger partial charge in [-0.2, -0.15) is 0 Å². The molecule has 0 amide bonds. The van der Waals surface area contributed by atoms with Gasteiger partial charge in [-0.05, 0) is 11.0 Å². The van der Waals surface area contributed by atoms with Gasteiger partial charge in [-0.25, -0.2) is 9.13 Å². The molecular weight excluding hydrogens is 316 g/mol. The minimum Gasteiger partial charge on any atom is -1.00 e. The van der Waals surface area contributed by atoms with Crippen LogP contribution in [-0.4, -0.2) is 9.67 Å². The first-order valence-corrected chi connectivity index (χ1v) is 6.97. The molecule has 1 unspecified atom stereocenters. The number of rotatable bonds is 0. The van der Waals surface area contributed by atoms with Gasteiger partial charge in [0.2, 0.25) is 0 Å². The van der Waals surface area contributed by atoms with Crippen molar-refractivity contribution in [3.63, 3.8) is 0 Å². The molecule has 0 fully saturated rings. The number of hydrogen-bond acceptors (Lipinski definition) is 1. The Hall–Kier alpha value is -0.610. The molecule has 3 nitrogen and oxygen atoms in total. The maximum absolute atomic E-state index is 11.4. The van der Waals surface area contributed by atoms with Gasteiger partial charge >= 0.3 is 0 Å². The normalized spacial score (nSPS) is 22.9. The minimum atomic E-state index is -0.845. The summed E-state index contributed by atoms with van der Waals surface area (Å²) in [6, 6.07) is 0. The van der Waals surface area contributed by atoms with Crippen molar-refractivity contribution in [1.82, 2.24) is 4.57 Å². The van der Waals surface area contributed by atoms with E-state index in [4.69, 9.17) is 0 Å². The second-order valence-electron chi connectivity index (χ2n) is 7.83. The molecule has 1 N–H and O–H groups in total. The van der Waals surface area contributed by atoms with Crippen LogP contribution in [0.4, 0.5) is 0 Å². The van der Waals surface area contributed by atoms with Crippen LogP contribution in [-0.2, 0) is 12.6 Å². The van der Waals surface area contributed by atoms with Gasteiger partial charge in [0.1, 0.15) is 12.4 Å². The zero-order chi connectivity index (χ0) is 14.6. The van der Waals surface area contributed by atoms with Crippen molar-refractivity contribution < 1.29 is 26.7 Å². The molecule has 114 valence electrons. The molecule has 1 aliphatic heterocycles. The monoisotopic (exact) mass is 342 g/mol. The van der Waals surface area contributed by atoms with E-state index in [-0.39, 0.29) is 27.8 Å². The predicted octanol–water partition coefficient (Wildman–Crippen LogP) is -0.159. The lowest BCUT2D eigenvalue weighted by Gasteiger charge is -2.41. The topological polar surface area (TPSA) is 29.0 Å².